The maximum absolute atomic E-state index is 12.4. The van der Waals surface area contributed by atoms with E-state index in [2.05, 4.69) is 45.2 Å². The zero-order valence-corrected chi connectivity index (χ0v) is 40.4. The van der Waals surface area contributed by atoms with Crippen LogP contribution in [0.5, 0.6) is 0 Å². The van der Waals surface area contributed by atoms with Crippen LogP contribution in [0.3, 0.4) is 0 Å². The summed E-state index contributed by atoms with van der Waals surface area (Å²) in [7, 11) is 2.00. The summed E-state index contributed by atoms with van der Waals surface area (Å²) >= 11 is 0. The number of allylic oxidation sites excluding steroid dienone is 1. The zero-order chi connectivity index (χ0) is 43.1. The fourth-order valence-electron chi connectivity index (χ4n) is 8.33. The second kappa shape index (κ2) is 47.6. The Kier molecular flexibility index (Phi) is 46.5. The van der Waals surface area contributed by atoms with Crippen molar-refractivity contribution in [1.29, 1.82) is 0 Å². The Morgan fingerprint density at radius 1 is 0.424 bits per heavy atom. The quantitative estimate of drug-likeness (QED) is 0.0374. The molecule has 1 N–H and O–H groups in total. The van der Waals surface area contributed by atoms with Crippen LogP contribution in [0.15, 0.2) is 12.2 Å². The van der Waals surface area contributed by atoms with Crippen molar-refractivity contribution in [2.75, 3.05) is 33.4 Å². The van der Waals surface area contributed by atoms with E-state index < -0.39 is 0 Å². The summed E-state index contributed by atoms with van der Waals surface area (Å²) < 4.78 is 17.8. The summed E-state index contributed by atoms with van der Waals surface area (Å²) in [5.41, 5.74) is 0. The molecular weight excluding hydrogens is 731 g/mol. The number of hydrogen-bond donors (Lipinski definition) is 1. The highest BCUT2D eigenvalue weighted by atomic mass is 16.5. The minimum Gasteiger partial charge on any atom is -0.466 e. The Bertz CT molecular complexity index is 817. The third-order valence-corrected chi connectivity index (χ3v) is 12.4. The molecule has 0 unspecified atom stereocenters. The predicted molar refractivity (Wildman–Crippen MR) is 255 cm³/mol. The Morgan fingerprint density at radius 2 is 0.814 bits per heavy atom. The number of rotatable bonds is 48. The molecule has 0 spiro atoms. The highest BCUT2D eigenvalue weighted by Crippen LogP contribution is 2.23. The molecule has 0 aliphatic heterocycles. The molecule has 0 saturated carbocycles. The second-order valence-corrected chi connectivity index (χ2v) is 18.1. The maximum atomic E-state index is 12.4. The van der Waals surface area contributed by atoms with Gasteiger partial charge in [-0.3, -0.25) is 9.59 Å². The first-order valence-corrected chi connectivity index (χ1v) is 26.2. The van der Waals surface area contributed by atoms with E-state index in [0.717, 1.165) is 77.4 Å². The van der Waals surface area contributed by atoms with Gasteiger partial charge in [-0.1, -0.05) is 200 Å². The molecule has 0 amide bonds. The molecule has 0 bridgehead atoms. The molecule has 0 aliphatic carbocycles. The van der Waals surface area contributed by atoms with Gasteiger partial charge >= 0.3 is 11.9 Å². The molecule has 0 aromatic heterocycles. The number of ether oxygens (including phenoxy) is 3. The number of carbonyl (C=O) groups excluding carboxylic acids is 2. The lowest BCUT2D eigenvalue weighted by Crippen LogP contribution is -2.14. The van der Waals surface area contributed by atoms with Gasteiger partial charge in [-0.25, -0.2) is 0 Å². The summed E-state index contributed by atoms with van der Waals surface area (Å²) in [6, 6.07) is 0. The minimum atomic E-state index is -0.00114. The first-order valence-electron chi connectivity index (χ1n) is 26.2. The van der Waals surface area contributed by atoms with E-state index in [9.17, 15) is 9.59 Å². The van der Waals surface area contributed by atoms with E-state index in [-0.39, 0.29) is 11.9 Å². The molecule has 0 heterocycles. The van der Waals surface area contributed by atoms with E-state index in [1.54, 1.807) is 0 Å². The van der Waals surface area contributed by atoms with E-state index in [4.69, 9.17) is 14.2 Å². The molecule has 6 heteroatoms. The Morgan fingerprint density at radius 3 is 1.25 bits per heavy atom. The third-order valence-electron chi connectivity index (χ3n) is 12.4. The van der Waals surface area contributed by atoms with Gasteiger partial charge in [0.15, 0.2) is 0 Å². The lowest BCUT2D eigenvalue weighted by atomic mass is 9.92. The van der Waals surface area contributed by atoms with Crippen molar-refractivity contribution in [3.05, 3.63) is 12.2 Å². The van der Waals surface area contributed by atoms with Gasteiger partial charge in [0.1, 0.15) is 0 Å². The molecule has 0 aromatic rings. The second-order valence-electron chi connectivity index (χ2n) is 18.1. The molecule has 0 aromatic carbocycles. The number of hydrogen-bond acceptors (Lipinski definition) is 6. The van der Waals surface area contributed by atoms with Crippen LogP contribution < -0.4 is 5.32 Å². The molecule has 59 heavy (non-hydrogen) atoms. The standard InChI is InChI=1S/C53H103NO5/c1-6-10-25-35-49(36-26-11-7-2)43-47-58-52(55)41-31-21-17-19-29-39-51(57-46-34-24-16-14-15-23-33-45-54-5)40-30-20-18-22-32-42-53(56)59-48-44-50(37-27-12-8-3)38-28-13-9-4/h15,23,49-51,54H,6-14,16-22,24-48H2,1-5H3. The van der Waals surface area contributed by atoms with Gasteiger partial charge in [0.2, 0.25) is 0 Å². The molecular formula is C53H103NO5. The lowest BCUT2D eigenvalue weighted by Gasteiger charge is -2.18. The van der Waals surface area contributed by atoms with Gasteiger partial charge in [-0.05, 0) is 89.6 Å². The van der Waals surface area contributed by atoms with E-state index in [1.807, 2.05) is 7.05 Å². The van der Waals surface area contributed by atoms with Crippen molar-refractivity contribution >= 4 is 11.9 Å². The first kappa shape index (κ1) is 57.6. The summed E-state index contributed by atoms with van der Waals surface area (Å²) in [6.07, 6.45) is 48.3. The van der Waals surface area contributed by atoms with Crippen LogP contribution in [0.1, 0.15) is 265 Å². The van der Waals surface area contributed by atoms with Crippen LogP contribution in [0, 0.1) is 11.8 Å². The molecule has 0 aliphatic rings. The van der Waals surface area contributed by atoms with Crippen molar-refractivity contribution in [2.24, 2.45) is 11.8 Å². The van der Waals surface area contributed by atoms with Crippen LogP contribution in [-0.4, -0.2) is 51.5 Å². The van der Waals surface area contributed by atoms with Crippen molar-refractivity contribution in [3.63, 3.8) is 0 Å². The largest absolute Gasteiger partial charge is 0.466 e. The minimum absolute atomic E-state index is 0.00114. The number of esters is 2. The summed E-state index contributed by atoms with van der Waals surface area (Å²) in [5, 5.41) is 3.20. The number of carbonyl (C=O) groups is 2. The van der Waals surface area contributed by atoms with Crippen molar-refractivity contribution in [1.82, 2.24) is 5.32 Å². The molecule has 350 valence electrons. The monoisotopic (exact) mass is 834 g/mol. The highest BCUT2D eigenvalue weighted by molar-refractivity contribution is 5.69. The Labute approximate surface area is 368 Å². The average Bonchev–Trinajstić information content (AvgIpc) is 3.23. The molecule has 0 saturated heterocycles. The van der Waals surface area contributed by atoms with Crippen molar-refractivity contribution in [3.8, 4) is 0 Å². The summed E-state index contributed by atoms with van der Waals surface area (Å²) in [6.45, 7) is 12.2. The average molecular weight is 834 g/mol. The summed E-state index contributed by atoms with van der Waals surface area (Å²) in [4.78, 5) is 24.9. The van der Waals surface area contributed by atoms with Crippen LogP contribution in [0.2, 0.25) is 0 Å². The SMILES string of the molecule is CCCCCC(CCCCC)CCOC(=O)CCCCCCCC(CCCCCCCC(=O)OCCC(CCCCC)CCCCC)OCCCCCC=CCCNC. The molecule has 0 radical (unpaired) electrons. The first-order chi connectivity index (χ1) is 29.0. The van der Waals surface area contributed by atoms with Crippen LogP contribution in [-0.2, 0) is 23.8 Å². The van der Waals surface area contributed by atoms with Gasteiger partial charge in [-0.2, -0.15) is 0 Å². The van der Waals surface area contributed by atoms with Crippen LogP contribution >= 0.6 is 0 Å². The zero-order valence-electron chi connectivity index (χ0n) is 40.4. The van der Waals surface area contributed by atoms with Gasteiger partial charge in [-0.15, -0.1) is 0 Å². The third kappa shape index (κ3) is 43.1. The lowest BCUT2D eigenvalue weighted by molar-refractivity contribution is -0.145. The van der Waals surface area contributed by atoms with E-state index >= 15 is 0 Å². The molecule has 0 atom stereocenters. The van der Waals surface area contributed by atoms with Crippen molar-refractivity contribution in [2.45, 2.75) is 271 Å². The van der Waals surface area contributed by atoms with Crippen molar-refractivity contribution < 1.29 is 23.8 Å². The predicted octanol–water partition coefficient (Wildman–Crippen LogP) is 16.0. The molecule has 0 rings (SSSR count). The smallest absolute Gasteiger partial charge is 0.305 e. The van der Waals surface area contributed by atoms with Gasteiger partial charge in [0.05, 0.1) is 19.3 Å². The number of nitrogens with one attached hydrogen (secondary N) is 1. The highest BCUT2D eigenvalue weighted by Gasteiger charge is 2.13. The van der Waals surface area contributed by atoms with Crippen LogP contribution in [0.25, 0.3) is 0 Å². The Balaban J connectivity index is 4.38. The van der Waals surface area contributed by atoms with Crippen LogP contribution in [0.4, 0.5) is 0 Å². The molecule has 6 nitrogen and oxygen atoms in total. The fraction of sp³-hybridized carbons (Fsp3) is 0.925. The fourth-order valence-corrected chi connectivity index (χ4v) is 8.33. The maximum Gasteiger partial charge on any atom is 0.305 e. The summed E-state index contributed by atoms with van der Waals surface area (Å²) in [5.74, 6) is 1.42. The Hall–Kier alpha value is -1.40. The van der Waals surface area contributed by atoms with E-state index in [1.165, 1.54) is 161 Å². The molecule has 0 fully saturated rings. The van der Waals surface area contributed by atoms with E-state index in [0.29, 0.717) is 44.0 Å². The topological polar surface area (TPSA) is 73.9 Å². The normalized spacial score (nSPS) is 11.9. The van der Waals surface area contributed by atoms with Gasteiger partial charge < -0.3 is 19.5 Å². The van der Waals surface area contributed by atoms with Gasteiger partial charge in [0, 0.05) is 19.4 Å². The number of unbranched alkanes of at least 4 members (excludes halogenated alkanes) is 19. The van der Waals surface area contributed by atoms with Gasteiger partial charge in [0.25, 0.3) is 0 Å².